The Morgan fingerprint density at radius 1 is 1.19 bits per heavy atom. The normalized spacial score (nSPS) is 21.9. The van der Waals surface area contributed by atoms with Crippen LogP contribution in [0, 0.1) is 5.92 Å². The molecule has 0 saturated heterocycles. The highest BCUT2D eigenvalue weighted by atomic mass is 16.3. The molecule has 0 aromatic heterocycles. The van der Waals surface area contributed by atoms with Gasteiger partial charge in [-0.05, 0) is 31.6 Å². The molecule has 1 unspecified atom stereocenters. The standard InChI is InChI=1S/C14H29NO/c1-3-8-14(15-13(4-2)11-16)12-9-6-5-7-10-12/h12-16H,3-11H2,1-2H3/t13-,14?/m1/s1. The van der Waals surface area contributed by atoms with Crippen LogP contribution < -0.4 is 5.32 Å². The molecule has 96 valence electrons. The first kappa shape index (κ1) is 14.0. The van der Waals surface area contributed by atoms with Crippen molar-refractivity contribution < 1.29 is 5.11 Å². The Bertz CT molecular complexity index is 162. The molecule has 16 heavy (non-hydrogen) atoms. The van der Waals surface area contributed by atoms with Gasteiger partial charge in [0, 0.05) is 12.1 Å². The Kier molecular flexibility index (Phi) is 7.06. The number of hydrogen-bond donors (Lipinski definition) is 2. The maximum atomic E-state index is 9.28. The molecule has 1 rings (SSSR count). The van der Waals surface area contributed by atoms with Gasteiger partial charge in [0.1, 0.15) is 0 Å². The average Bonchev–Trinajstić information content (AvgIpc) is 2.35. The third-order valence-electron chi connectivity index (χ3n) is 3.98. The largest absolute Gasteiger partial charge is 0.395 e. The summed E-state index contributed by atoms with van der Waals surface area (Å²) in [5.74, 6) is 0.856. The van der Waals surface area contributed by atoms with E-state index >= 15 is 0 Å². The minimum absolute atomic E-state index is 0.281. The van der Waals surface area contributed by atoms with Crippen LogP contribution in [0.1, 0.15) is 65.2 Å². The lowest BCUT2D eigenvalue weighted by Gasteiger charge is -2.33. The lowest BCUT2D eigenvalue weighted by Crippen LogP contribution is -2.44. The molecule has 0 spiro atoms. The third kappa shape index (κ3) is 4.42. The molecule has 2 atom stereocenters. The van der Waals surface area contributed by atoms with Crippen LogP contribution in [0.25, 0.3) is 0 Å². The molecule has 0 aliphatic heterocycles. The van der Waals surface area contributed by atoms with E-state index in [0.717, 1.165) is 12.3 Å². The highest BCUT2D eigenvalue weighted by Crippen LogP contribution is 2.28. The van der Waals surface area contributed by atoms with Crippen molar-refractivity contribution in [3.8, 4) is 0 Å². The molecule has 0 radical (unpaired) electrons. The second-order valence-electron chi connectivity index (χ2n) is 5.25. The van der Waals surface area contributed by atoms with Crippen molar-refractivity contribution >= 4 is 0 Å². The summed E-state index contributed by atoms with van der Waals surface area (Å²) in [7, 11) is 0. The minimum Gasteiger partial charge on any atom is -0.395 e. The summed E-state index contributed by atoms with van der Waals surface area (Å²) in [6.07, 6.45) is 10.6. The van der Waals surface area contributed by atoms with Crippen molar-refractivity contribution in [3.05, 3.63) is 0 Å². The second kappa shape index (κ2) is 8.08. The number of aliphatic hydroxyl groups is 1. The summed E-state index contributed by atoms with van der Waals surface area (Å²) < 4.78 is 0. The molecular weight excluding hydrogens is 198 g/mol. The Morgan fingerprint density at radius 2 is 1.88 bits per heavy atom. The van der Waals surface area contributed by atoms with Gasteiger partial charge < -0.3 is 10.4 Å². The lowest BCUT2D eigenvalue weighted by atomic mass is 9.82. The molecule has 1 saturated carbocycles. The molecule has 2 heteroatoms. The van der Waals surface area contributed by atoms with Crippen LogP contribution in [0.4, 0.5) is 0 Å². The smallest absolute Gasteiger partial charge is 0.0584 e. The Hall–Kier alpha value is -0.0800. The van der Waals surface area contributed by atoms with Crippen molar-refractivity contribution in [3.63, 3.8) is 0 Å². The van der Waals surface area contributed by atoms with Gasteiger partial charge in [-0.3, -0.25) is 0 Å². The van der Waals surface area contributed by atoms with Crippen LogP contribution >= 0.6 is 0 Å². The van der Waals surface area contributed by atoms with Crippen LogP contribution in [0.15, 0.2) is 0 Å². The van der Waals surface area contributed by atoms with Crippen LogP contribution in [-0.4, -0.2) is 23.8 Å². The quantitative estimate of drug-likeness (QED) is 0.700. The number of rotatable bonds is 7. The SMILES string of the molecule is CCCC(N[C@H](CC)CO)C1CCCCC1. The van der Waals surface area contributed by atoms with Crippen LogP contribution in [0.2, 0.25) is 0 Å². The van der Waals surface area contributed by atoms with Gasteiger partial charge in [-0.1, -0.05) is 39.5 Å². The molecule has 0 heterocycles. The fourth-order valence-electron chi connectivity index (χ4n) is 2.91. The fourth-order valence-corrected chi connectivity index (χ4v) is 2.91. The minimum atomic E-state index is 0.281. The molecule has 0 amide bonds. The van der Waals surface area contributed by atoms with Gasteiger partial charge in [-0.2, -0.15) is 0 Å². The monoisotopic (exact) mass is 227 g/mol. The zero-order chi connectivity index (χ0) is 11.8. The van der Waals surface area contributed by atoms with E-state index in [0.29, 0.717) is 12.1 Å². The van der Waals surface area contributed by atoms with Crippen molar-refractivity contribution in [2.75, 3.05) is 6.61 Å². The lowest BCUT2D eigenvalue weighted by molar-refractivity contribution is 0.187. The summed E-state index contributed by atoms with van der Waals surface area (Å²) in [6.45, 7) is 4.69. The van der Waals surface area contributed by atoms with E-state index in [4.69, 9.17) is 0 Å². The zero-order valence-electron chi connectivity index (χ0n) is 11.0. The Labute approximate surface area is 101 Å². The predicted molar refractivity (Wildman–Crippen MR) is 69.6 cm³/mol. The number of hydrogen-bond acceptors (Lipinski definition) is 2. The Balaban J connectivity index is 2.44. The van der Waals surface area contributed by atoms with Gasteiger partial charge in [0.15, 0.2) is 0 Å². The van der Waals surface area contributed by atoms with E-state index in [1.807, 2.05) is 0 Å². The van der Waals surface area contributed by atoms with Gasteiger partial charge in [0.25, 0.3) is 0 Å². The van der Waals surface area contributed by atoms with Gasteiger partial charge >= 0.3 is 0 Å². The van der Waals surface area contributed by atoms with Crippen molar-refractivity contribution in [2.24, 2.45) is 5.92 Å². The summed E-state index contributed by atoms with van der Waals surface area (Å²) in [5, 5.41) is 13.0. The van der Waals surface area contributed by atoms with E-state index in [9.17, 15) is 5.11 Å². The number of nitrogens with one attached hydrogen (secondary N) is 1. The van der Waals surface area contributed by atoms with Crippen molar-refractivity contribution in [1.29, 1.82) is 0 Å². The van der Waals surface area contributed by atoms with Gasteiger partial charge in [-0.15, -0.1) is 0 Å². The zero-order valence-corrected chi connectivity index (χ0v) is 11.0. The molecule has 1 aliphatic rings. The van der Waals surface area contributed by atoms with Crippen LogP contribution in [0.5, 0.6) is 0 Å². The fraction of sp³-hybridized carbons (Fsp3) is 1.00. The van der Waals surface area contributed by atoms with E-state index in [1.165, 1.54) is 44.9 Å². The summed E-state index contributed by atoms with van der Waals surface area (Å²) >= 11 is 0. The van der Waals surface area contributed by atoms with E-state index in [-0.39, 0.29) is 6.61 Å². The van der Waals surface area contributed by atoms with E-state index in [1.54, 1.807) is 0 Å². The first-order chi connectivity index (χ1) is 7.81. The van der Waals surface area contributed by atoms with E-state index in [2.05, 4.69) is 19.2 Å². The number of aliphatic hydroxyl groups excluding tert-OH is 1. The van der Waals surface area contributed by atoms with Crippen molar-refractivity contribution in [1.82, 2.24) is 5.32 Å². The van der Waals surface area contributed by atoms with E-state index < -0.39 is 0 Å². The topological polar surface area (TPSA) is 32.3 Å². The van der Waals surface area contributed by atoms with Gasteiger partial charge in [-0.25, -0.2) is 0 Å². The highest BCUT2D eigenvalue weighted by molar-refractivity contribution is 4.81. The molecule has 0 aromatic rings. The van der Waals surface area contributed by atoms with Crippen molar-refractivity contribution in [2.45, 2.75) is 77.3 Å². The molecule has 1 fully saturated rings. The molecule has 2 nitrogen and oxygen atoms in total. The highest BCUT2D eigenvalue weighted by Gasteiger charge is 2.24. The average molecular weight is 227 g/mol. The maximum Gasteiger partial charge on any atom is 0.0584 e. The Morgan fingerprint density at radius 3 is 2.38 bits per heavy atom. The molecule has 0 aromatic carbocycles. The molecule has 2 N–H and O–H groups in total. The van der Waals surface area contributed by atoms with Crippen LogP contribution in [0.3, 0.4) is 0 Å². The molecular formula is C14H29NO. The summed E-state index contributed by atoms with van der Waals surface area (Å²) in [4.78, 5) is 0. The summed E-state index contributed by atoms with van der Waals surface area (Å²) in [6, 6.07) is 0.945. The van der Waals surface area contributed by atoms with Gasteiger partial charge in [0.2, 0.25) is 0 Å². The first-order valence-corrected chi connectivity index (χ1v) is 7.18. The third-order valence-corrected chi connectivity index (χ3v) is 3.98. The van der Waals surface area contributed by atoms with Crippen LogP contribution in [-0.2, 0) is 0 Å². The second-order valence-corrected chi connectivity index (χ2v) is 5.25. The summed E-state index contributed by atoms with van der Waals surface area (Å²) in [5.41, 5.74) is 0. The van der Waals surface area contributed by atoms with Gasteiger partial charge in [0.05, 0.1) is 6.61 Å². The predicted octanol–water partition coefficient (Wildman–Crippen LogP) is 3.10. The first-order valence-electron chi connectivity index (χ1n) is 7.18. The molecule has 1 aliphatic carbocycles. The maximum absolute atomic E-state index is 9.28. The molecule has 0 bridgehead atoms.